The molecule has 0 aromatic carbocycles. The highest BCUT2D eigenvalue weighted by molar-refractivity contribution is 5.83. The molecule has 2 heterocycles. The van der Waals surface area contributed by atoms with Crippen molar-refractivity contribution in [1.82, 2.24) is 20.6 Å². The summed E-state index contributed by atoms with van der Waals surface area (Å²) < 4.78 is 0. The zero-order valence-corrected chi connectivity index (χ0v) is 17.4. The van der Waals surface area contributed by atoms with Gasteiger partial charge in [-0.2, -0.15) is 0 Å². The predicted molar refractivity (Wildman–Crippen MR) is 106 cm³/mol. The first-order valence-corrected chi connectivity index (χ1v) is 10.3. The first-order chi connectivity index (χ1) is 13.8. The molecule has 2 saturated heterocycles. The Labute approximate surface area is 171 Å². The van der Waals surface area contributed by atoms with Gasteiger partial charge in [0, 0.05) is 32.5 Å². The summed E-state index contributed by atoms with van der Waals surface area (Å²) in [7, 11) is 0. The van der Waals surface area contributed by atoms with E-state index in [1.54, 1.807) is 0 Å². The molecule has 0 aromatic heterocycles. The molecule has 3 amide bonds. The highest BCUT2D eigenvalue weighted by Gasteiger charge is 2.30. The van der Waals surface area contributed by atoms with E-state index >= 15 is 0 Å². The van der Waals surface area contributed by atoms with E-state index in [9.17, 15) is 19.2 Å². The van der Waals surface area contributed by atoms with E-state index in [4.69, 9.17) is 4.84 Å². The Morgan fingerprint density at radius 1 is 1.17 bits per heavy atom. The van der Waals surface area contributed by atoms with Crippen molar-refractivity contribution in [2.75, 3.05) is 26.2 Å². The molecule has 0 saturated carbocycles. The molecule has 0 radical (unpaired) electrons. The summed E-state index contributed by atoms with van der Waals surface area (Å²) in [5, 5.41) is 6.36. The topological polar surface area (TPSA) is 108 Å². The van der Waals surface area contributed by atoms with E-state index in [0.29, 0.717) is 18.0 Å². The molecule has 0 spiro atoms. The second kappa shape index (κ2) is 10.9. The minimum absolute atomic E-state index is 0.0324. The molecule has 9 nitrogen and oxygen atoms in total. The minimum Gasteiger partial charge on any atom is -0.355 e. The summed E-state index contributed by atoms with van der Waals surface area (Å²) in [5.41, 5.74) is 0.456. The molecular formula is C20H32N4O5. The monoisotopic (exact) mass is 417 g/mol. The van der Waals surface area contributed by atoms with Gasteiger partial charge in [0.2, 0.25) is 11.8 Å². The molecule has 2 aliphatic rings. The van der Waals surface area contributed by atoms with Crippen LogP contribution in [0.3, 0.4) is 0 Å². The van der Waals surface area contributed by atoms with Gasteiger partial charge in [-0.15, -0.1) is 5.06 Å². The van der Waals surface area contributed by atoms with Crippen LogP contribution in [0.5, 0.6) is 0 Å². The Balaban J connectivity index is 1.58. The first kappa shape index (κ1) is 22.9. The molecule has 9 heteroatoms. The van der Waals surface area contributed by atoms with Crippen molar-refractivity contribution in [2.24, 2.45) is 5.92 Å². The van der Waals surface area contributed by atoms with E-state index in [1.165, 1.54) is 0 Å². The molecule has 2 rings (SSSR count). The Morgan fingerprint density at radius 3 is 2.55 bits per heavy atom. The van der Waals surface area contributed by atoms with Gasteiger partial charge in [0.15, 0.2) is 0 Å². The van der Waals surface area contributed by atoms with E-state index < -0.39 is 5.97 Å². The van der Waals surface area contributed by atoms with Crippen LogP contribution < -0.4 is 10.6 Å². The number of carbonyl (C=O) groups is 4. The average molecular weight is 417 g/mol. The van der Waals surface area contributed by atoms with Crippen molar-refractivity contribution in [3.8, 4) is 0 Å². The third-order valence-electron chi connectivity index (χ3n) is 4.90. The predicted octanol–water partition coefficient (Wildman–Crippen LogP) is 0.714. The lowest BCUT2D eigenvalue weighted by atomic mass is 10.3. The minimum atomic E-state index is -0.610. The third-order valence-corrected chi connectivity index (χ3v) is 4.90. The molecule has 1 atom stereocenters. The number of hydroxylamine groups is 2. The van der Waals surface area contributed by atoms with Crippen molar-refractivity contribution >= 4 is 23.7 Å². The van der Waals surface area contributed by atoms with Crippen LogP contribution in [-0.2, 0) is 24.0 Å². The molecule has 0 bridgehead atoms. The fourth-order valence-electron chi connectivity index (χ4n) is 3.51. The molecule has 2 N–H and O–H groups in total. The van der Waals surface area contributed by atoms with E-state index in [-0.39, 0.29) is 56.1 Å². The van der Waals surface area contributed by atoms with Gasteiger partial charge >= 0.3 is 5.97 Å². The van der Waals surface area contributed by atoms with Crippen LogP contribution in [0.15, 0.2) is 12.3 Å². The van der Waals surface area contributed by atoms with Gasteiger partial charge in [-0.25, -0.2) is 4.79 Å². The molecule has 0 aromatic rings. The number of likely N-dealkylation sites (tertiary alicyclic amines) is 1. The molecular weight excluding hydrogens is 385 g/mol. The van der Waals surface area contributed by atoms with Gasteiger partial charge in [-0.3, -0.25) is 19.3 Å². The number of carbonyl (C=O) groups excluding carboxylic acids is 4. The highest BCUT2D eigenvalue weighted by Crippen LogP contribution is 2.21. The molecule has 1 unspecified atom stereocenters. The molecule has 162 valence electrons. The fourth-order valence-corrected chi connectivity index (χ4v) is 3.51. The first-order valence-electron chi connectivity index (χ1n) is 10.3. The summed E-state index contributed by atoms with van der Waals surface area (Å²) >= 11 is 0. The lowest BCUT2D eigenvalue weighted by molar-refractivity contribution is -0.186. The smallest absolute Gasteiger partial charge is 0.334 e. The van der Waals surface area contributed by atoms with Crippen LogP contribution in [-0.4, -0.2) is 65.9 Å². The van der Waals surface area contributed by atoms with E-state index in [1.807, 2.05) is 0 Å². The van der Waals surface area contributed by atoms with Crippen LogP contribution in [0.2, 0.25) is 0 Å². The van der Waals surface area contributed by atoms with Gasteiger partial charge in [-0.1, -0.05) is 20.4 Å². The Bertz CT molecular complexity index is 633. The number of nitrogens with one attached hydrogen (secondary N) is 2. The third kappa shape index (κ3) is 7.16. The standard InChI is InChI=1S/C20H32N4O5/c1-14(2)13-23-12-4-5-16(23)20(28)22-10-8-17(25)21-11-9-19(27)29-24-15(3)6-7-18(24)26/h14,16H,3-13H2,1-2H3,(H,21,25)(H,22,28)/i1+1,2+1,4+1,5+1,12+1,13+1,14+1,16+1,21+1. The number of hydrogen-bond acceptors (Lipinski definition) is 6. The fraction of sp³-hybridized carbons (Fsp3) is 0.700. The van der Waals surface area contributed by atoms with Crippen molar-refractivity contribution in [1.29, 1.82) is 0 Å². The van der Waals surface area contributed by atoms with E-state index in [0.717, 1.165) is 31.0 Å². The Kier molecular flexibility index (Phi) is 8.63. The molecule has 2 fully saturated rings. The van der Waals surface area contributed by atoms with Crippen molar-refractivity contribution < 1.29 is 24.0 Å². The lowest BCUT2D eigenvalue weighted by Gasteiger charge is -2.25. The zero-order chi connectivity index (χ0) is 21.4. The summed E-state index contributed by atoms with van der Waals surface area (Å²) in [6.45, 7) is 10.1. The van der Waals surface area contributed by atoms with Gasteiger partial charge < -0.3 is 15.5 Å². The van der Waals surface area contributed by atoms with Gasteiger partial charge in [0.25, 0.3) is 5.91 Å². The van der Waals surface area contributed by atoms with Gasteiger partial charge in [0.05, 0.1) is 18.2 Å². The molecule has 0 aliphatic carbocycles. The number of nitrogens with zero attached hydrogens (tertiary/aromatic N) is 2. The number of rotatable bonds is 10. The normalized spacial score (nSPS) is 19.7. The second-order valence-electron chi connectivity index (χ2n) is 7.91. The Hall–Kier alpha value is -2.42. The second-order valence-corrected chi connectivity index (χ2v) is 7.91. The zero-order valence-electron chi connectivity index (χ0n) is 17.4. The number of allylic oxidation sites excluding steroid dienone is 1. The quantitative estimate of drug-likeness (QED) is 0.401. The number of amides is 3. The van der Waals surface area contributed by atoms with Crippen LogP contribution in [0, 0.1) is 5.92 Å². The molecule has 2 aliphatic heterocycles. The van der Waals surface area contributed by atoms with Gasteiger partial charge in [-0.05, 0) is 31.7 Å². The maximum absolute atomic E-state index is 12.4. The lowest BCUT2D eigenvalue weighted by Crippen LogP contribution is -2.45. The van der Waals surface area contributed by atoms with Crippen molar-refractivity contribution in [3.05, 3.63) is 12.3 Å². The summed E-state index contributed by atoms with van der Waals surface area (Å²) in [6, 6.07) is -0.113. The maximum Gasteiger partial charge on any atom is 0.334 e. The van der Waals surface area contributed by atoms with Crippen molar-refractivity contribution in [3.63, 3.8) is 0 Å². The van der Waals surface area contributed by atoms with Crippen LogP contribution in [0.25, 0.3) is 0 Å². The largest absolute Gasteiger partial charge is 0.355 e. The van der Waals surface area contributed by atoms with Gasteiger partial charge in [0.1, 0.15) is 0 Å². The Morgan fingerprint density at radius 2 is 1.90 bits per heavy atom. The van der Waals surface area contributed by atoms with Crippen molar-refractivity contribution in [2.45, 2.75) is 58.4 Å². The van der Waals surface area contributed by atoms with E-state index in [2.05, 4.69) is 36.0 Å². The van der Waals surface area contributed by atoms with Crippen LogP contribution in [0.4, 0.5) is 0 Å². The highest BCUT2D eigenvalue weighted by atomic mass is 16.7. The SMILES string of the molecule is C=C1CCC(=O)N1OC(=O)CC[15NH]C(=O)CCNC(=O)[13CH]1[13CH2][13CH2][13CH2]N1[13CH2][13CH]([13CH3])[13CH3]. The summed E-state index contributed by atoms with van der Waals surface area (Å²) in [5.74, 6) is -0.693. The molecule has 29 heavy (non-hydrogen) atoms. The number of hydrogen-bond donors (Lipinski definition) is 2. The maximum atomic E-state index is 12.4. The van der Waals surface area contributed by atoms with Crippen LogP contribution >= 0.6 is 0 Å². The van der Waals surface area contributed by atoms with Crippen LogP contribution in [0.1, 0.15) is 52.4 Å². The summed E-state index contributed by atoms with van der Waals surface area (Å²) in [4.78, 5) is 54.7. The average Bonchev–Trinajstić information content (AvgIpc) is 3.22. The summed E-state index contributed by atoms with van der Waals surface area (Å²) in [6.07, 6.45) is 2.70.